The van der Waals surface area contributed by atoms with Crippen LogP contribution in [0.1, 0.15) is 24.3 Å². The molecule has 1 aromatic carbocycles. The summed E-state index contributed by atoms with van der Waals surface area (Å²) < 4.78 is 25.5. The van der Waals surface area contributed by atoms with E-state index in [1.807, 2.05) is 18.3 Å². The molecule has 2 aromatic heterocycles. The van der Waals surface area contributed by atoms with E-state index in [-0.39, 0.29) is 11.9 Å². The zero-order chi connectivity index (χ0) is 18.2. The second-order valence-electron chi connectivity index (χ2n) is 7.38. The number of fused-ring (bicyclic) bond motifs is 2. The molecule has 6 heteroatoms. The normalized spacial score (nSPS) is 20.9. The molecule has 1 N–H and O–H groups in total. The number of hydrogen-bond donors (Lipinski definition) is 1. The number of piperidine rings is 1. The number of benzene rings is 1. The number of nitrogens with zero attached hydrogens (tertiary/aromatic N) is 2. The maximum atomic E-state index is 13.6. The zero-order valence-corrected chi connectivity index (χ0v) is 15.0. The standard InChI is InChI=1S/C21H22FN3O2/c22-15-1-2-19-17(9-15)18(10-24-19)14-4-7-25(8-5-14)12-16-13-26-20-3-6-23-11-21(20)27-16/h1-3,6,9-11,14,16,24H,4-5,7-8,12-13H2. The molecule has 5 nitrogen and oxygen atoms in total. The molecule has 1 atom stereocenters. The van der Waals surface area contributed by atoms with Crippen LogP contribution < -0.4 is 9.47 Å². The maximum Gasteiger partial charge on any atom is 0.180 e. The van der Waals surface area contributed by atoms with E-state index in [4.69, 9.17) is 9.47 Å². The molecule has 4 heterocycles. The fraction of sp³-hybridized carbons (Fsp3) is 0.381. The molecule has 1 saturated heterocycles. The Labute approximate surface area is 157 Å². The number of halogens is 1. The van der Waals surface area contributed by atoms with Crippen molar-refractivity contribution in [2.45, 2.75) is 24.9 Å². The largest absolute Gasteiger partial charge is 0.486 e. The van der Waals surface area contributed by atoms with Crippen molar-refractivity contribution in [2.75, 3.05) is 26.2 Å². The molecule has 1 fully saturated rings. The lowest BCUT2D eigenvalue weighted by atomic mass is 9.89. The molecule has 27 heavy (non-hydrogen) atoms. The van der Waals surface area contributed by atoms with E-state index in [0.717, 1.165) is 54.9 Å². The zero-order valence-electron chi connectivity index (χ0n) is 15.0. The van der Waals surface area contributed by atoms with Crippen molar-refractivity contribution >= 4 is 10.9 Å². The van der Waals surface area contributed by atoms with Crippen molar-refractivity contribution in [2.24, 2.45) is 0 Å². The average Bonchev–Trinajstić information content (AvgIpc) is 3.11. The molecule has 0 bridgehead atoms. The smallest absolute Gasteiger partial charge is 0.180 e. The first-order valence-electron chi connectivity index (χ1n) is 9.48. The molecule has 0 saturated carbocycles. The number of rotatable bonds is 3. The van der Waals surface area contributed by atoms with Crippen LogP contribution in [-0.2, 0) is 0 Å². The Morgan fingerprint density at radius 1 is 1.19 bits per heavy atom. The minimum absolute atomic E-state index is 0.0282. The summed E-state index contributed by atoms with van der Waals surface area (Å²) in [5.74, 6) is 1.78. The van der Waals surface area contributed by atoms with E-state index >= 15 is 0 Å². The monoisotopic (exact) mass is 367 g/mol. The quantitative estimate of drug-likeness (QED) is 0.767. The van der Waals surface area contributed by atoms with Crippen LogP contribution >= 0.6 is 0 Å². The molecule has 0 radical (unpaired) electrons. The van der Waals surface area contributed by atoms with Gasteiger partial charge in [-0.15, -0.1) is 0 Å². The number of nitrogens with one attached hydrogen (secondary N) is 1. The van der Waals surface area contributed by atoms with Gasteiger partial charge in [-0.25, -0.2) is 4.39 Å². The predicted octanol–water partition coefficient (Wildman–Crippen LogP) is 3.72. The van der Waals surface area contributed by atoms with E-state index in [2.05, 4.69) is 14.9 Å². The summed E-state index contributed by atoms with van der Waals surface area (Å²) in [6.07, 6.45) is 7.63. The number of H-pyrrole nitrogens is 1. The summed E-state index contributed by atoms with van der Waals surface area (Å²) in [6.45, 7) is 3.43. The van der Waals surface area contributed by atoms with Crippen molar-refractivity contribution < 1.29 is 13.9 Å². The molecular weight excluding hydrogens is 345 g/mol. The van der Waals surface area contributed by atoms with Gasteiger partial charge in [0.05, 0.1) is 6.20 Å². The summed E-state index contributed by atoms with van der Waals surface area (Å²) in [5, 5.41) is 1.02. The Hall–Kier alpha value is -2.60. The Morgan fingerprint density at radius 3 is 2.96 bits per heavy atom. The second kappa shape index (κ2) is 6.85. The third kappa shape index (κ3) is 3.25. The highest BCUT2D eigenvalue weighted by Crippen LogP contribution is 2.34. The van der Waals surface area contributed by atoms with Crippen LogP contribution in [0.3, 0.4) is 0 Å². The molecule has 5 rings (SSSR count). The molecule has 2 aliphatic heterocycles. The van der Waals surface area contributed by atoms with Gasteiger partial charge >= 0.3 is 0 Å². The van der Waals surface area contributed by atoms with Gasteiger partial charge in [0.1, 0.15) is 18.5 Å². The summed E-state index contributed by atoms with van der Waals surface area (Å²) >= 11 is 0. The number of aromatic amines is 1. The summed E-state index contributed by atoms with van der Waals surface area (Å²) in [4.78, 5) is 9.81. The van der Waals surface area contributed by atoms with Crippen LogP contribution in [0.4, 0.5) is 4.39 Å². The van der Waals surface area contributed by atoms with Crippen LogP contribution in [0.25, 0.3) is 10.9 Å². The first kappa shape index (κ1) is 16.6. The van der Waals surface area contributed by atoms with Gasteiger partial charge in [0.15, 0.2) is 11.5 Å². The second-order valence-corrected chi connectivity index (χ2v) is 7.38. The van der Waals surface area contributed by atoms with Crippen molar-refractivity contribution in [3.8, 4) is 11.5 Å². The van der Waals surface area contributed by atoms with Crippen LogP contribution in [0.5, 0.6) is 11.5 Å². The van der Waals surface area contributed by atoms with Crippen molar-refractivity contribution in [3.05, 3.63) is 54.2 Å². The Kier molecular flexibility index (Phi) is 4.20. The molecule has 140 valence electrons. The van der Waals surface area contributed by atoms with Crippen LogP contribution in [-0.4, -0.2) is 47.2 Å². The van der Waals surface area contributed by atoms with Gasteiger partial charge in [0.2, 0.25) is 0 Å². The Morgan fingerprint density at radius 2 is 2.07 bits per heavy atom. The van der Waals surface area contributed by atoms with E-state index in [1.54, 1.807) is 18.5 Å². The fourth-order valence-corrected chi connectivity index (χ4v) is 4.23. The highest BCUT2D eigenvalue weighted by atomic mass is 19.1. The third-order valence-electron chi connectivity index (χ3n) is 5.63. The number of likely N-dealkylation sites (tertiary alicyclic amines) is 1. The lowest BCUT2D eigenvalue weighted by molar-refractivity contribution is 0.0510. The maximum absolute atomic E-state index is 13.6. The van der Waals surface area contributed by atoms with E-state index in [9.17, 15) is 4.39 Å². The Bertz CT molecular complexity index is 950. The van der Waals surface area contributed by atoms with Gasteiger partial charge in [-0.05, 0) is 55.6 Å². The van der Waals surface area contributed by atoms with Gasteiger partial charge in [-0.3, -0.25) is 9.88 Å². The number of hydrogen-bond acceptors (Lipinski definition) is 4. The predicted molar refractivity (Wildman–Crippen MR) is 101 cm³/mol. The number of pyridine rings is 1. The minimum atomic E-state index is -0.176. The highest BCUT2D eigenvalue weighted by Gasteiger charge is 2.27. The molecule has 3 aromatic rings. The first-order chi connectivity index (χ1) is 13.3. The molecular formula is C21H22FN3O2. The van der Waals surface area contributed by atoms with Gasteiger partial charge < -0.3 is 14.5 Å². The lowest BCUT2D eigenvalue weighted by Crippen LogP contribution is -2.43. The van der Waals surface area contributed by atoms with E-state index in [0.29, 0.717) is 12.5 Å². The lowest BCUT2D eigenvalue weighted by Gasteiger charge is -2.35. The molecule has 1 unspecified atom stereocenters. The van der Waals surface area contributed by atoms with E-state index < -0.39 is 0 Å². The van der Waals surface area contributed by atoms with Gasteiger partial charge in [-0.1, -0.05) is 0 Å². The minimum Gasteiger partial charge on any atom is -0.486 e. The van der Waals surface area contributed by atoms with Crippen LogP contribution in [0.15, 0.2) is 42.9 Å². The molecule has 2 aliphatic rings. The van der Waals surface area contributed by atoms with Crippen molar-refractivity contribution in [1.82, 2.24) is 14.9 Å². The first-order valence-corrected chi connectivity index (χ1v) is 9.48. The molecule has 0 aliphatic carbocycles. The summed E-state index contributed by atoms with van der Waals surface area (Å²) in [5.41, 5.74) is 2.25. The van der Waals surface area contributed by atoms with Gasteiger partial charge in [0, 0.05) is 35.9 Å². The highest BCUT2D eigenvalue weighted by molar-refractivity contribution is 5.83. The SMILES string of the molecule is Fc1ccc2[nH]cc(C3CCN(CC4COc5ccncc5O4)CC3)c2c1. The molecule has 0 spiro atoms. The fourth-order valence-electron chi connectivity index (χ4n) is 4.23. The number of ether oxygens (including phenoxy) is 2. The number of aromatic nitrogens is 2. The third-order valence-corrected chi connectivity index (χ3v) is 5.63. The topological polar surface area (TPSA) is 50.4 Å². The van der Waals surface area contributed by atoms with Gasteiger partial charge in [-0.2, -0.15) is 0 Å². The summed E-state index contributed by atoms with van der Waals surface area (Å²) in [7, 11) is 0. The van der Waals surface area contributed by atoms with Crippen molar-refractivity contribution in [3.63, 3.8) is 0 Å². The van der Waals surface area contributed by atoms with Crippen LogP contribution in [0, 0.1) is 5.82 Å². The van der Waals surface area contributed by atoms with E-state index in [1.165, 1.54) is 11.6 Å². The Balaban J connectivity index is 1.21. The average molecular weight is 367 g/mol. The van der Waals surface area contributed by atoms with Crippen LogP contribution in [0.2, 0.25) is 0 Å². The summed E-state index contributed by atoms with van der Waals surface area (Å²) in [6, 6.07) is 6.80. The van der Waals surface area contributed by atoms with Gasteiger partial charge in [0.25, 0.3) is 0 Å². The van der Waals surface area contributed by atoms with Crippen molar-refractivity contribution in [1.29, 1.82) is 0 Å². The molecule has 0 amide bonds.